The molecule has 3 rings (SSSR count). The van der Waals surface area contributed by atoms with E-state index in [-0.39, 0.29) is 30.1 Å². The standard InChI is InChI=1S/C19H26N2O4S/c1-14(2)6-9-21-10-7-16-17(21)4-3-5-18(16)25-12-19(22)20-15-8-11-26(23,24)13-15/h3-5,7,10,14-15H,6,8-9,11-13H2,1-2H3,(H,20,22). The maximum Gasteiger partial charge on any atom is 0.258 e. The van der Waals surface area contributed by atoms with Crippen molar-refractivity contribution in [3.63, 3.8) is 0 Å². The van der Waals surface area contributed by atoms with Crippen molar-refractivity contribution in [2.45, 2.75) is 39.3 Å². The van der Waals surface area contributed by atoms with Crippen LogP contribution in [0.5, 0.6) is 5.75 Å². The predicted molar refractivity (Wildman–Crippen MR) is 102 cm³/mol. The summed E-state index contributed by atoms with van der Waals surface area (Å²) >= 11 is 0. The molecular formula is C19H26N2O4S. The van der Waals surface area contributed by atoms with Gasteiger partial charge in [-0.1, -0.05) is 19.9 Å². The molecule has 142 valence electrons. The summed E-state index contributed by atoms with van der Waals surface area (Å²) in [6, 6.07) is 7.52. The van der Waals surface area contributed by atoms with Gasteiger partial charge in [-0.3, -0.25) is 4.79 Å². The second-order valence-electron chi connectivity index (χ2n) is 7.34. The summed E-state index contributed by atoms with van der Waals surface area (Å²) in [4.78, 5) is 12.1. The van der Waals surface area contributed by atoms with E-state index in [2.05, 4.69) is 23.7 Å². The Bertz CT molecular complexity index is 886. The number of rotatable bonds is 7. The molecule has 0 aliphatic carbocycles. The third kappa shape index (κ3) is 4.58. The van der Waals surface area contributed by atoms with E-state index < -0.39 is 9.84 Å². The van der Waals surface area contributed by atoms with Crippen LogP contribution >= 0.6 is 0 Å². The van der Waals surface area contributed by atoms with E-state index in [1.807, 2.05) is 30.5 Å². The Kier molecular flexibility index (Phi) is 5.55. The third-order valence-corrected chi connectivity index (χ3v) is 6.45. The van der Waals surface area contributed by atoms with Gasteiger partial charge in [-0.2, -0.15) is 0 Å². The normalized spacial score (nSPS) is 19.1. The summed E-state index contributed by atoms with van der Waals surface area (Å²) in [5.74, 6) is 1.17. The van der Waals surface area contributed by atoms with Crippen LogP contribution in [0, 0.1) is 5.92 Å². The van der Waals surface area contributed by atoms with E-state index in [0.29, 0.717) is 18.1 Å². The quantitative estimate of drug-likeness (QED) is 0.802. The third-order valence-electron chi connectivity index (χ3n) is 4.68. The molecule has 7 heteroatoms. The maximum absolute atomic E-state index is 12.1. The van der Waals surface area contributed by atoms with Crippen molar-refractivity contribution in [3.8, 4) is 5.75 Å². The highest BCUT2D eigenvalue weighted by Crippen LogP contribution is 2.27. The van der Waals surface area contributed by atoms with Crippen LogP contribution in [0.3, 0.4) is 0 Å². The summed E-state index contributed by atoms with van der Waals surface area (Å²) < 4.78 is 30.8. The lowest BCUT2D eigenvalue weighted by molar-refractivity contribution is -0.123. The lowest BCUT2D eigenvalue weighted by Crippen LogP contribution is -2.38. The molecule has 1 aliphatic heterocycles. The number of aryl methyl sites for hydroxylation is 1. The van der Waals surface area contributed by atoms with Gasteiger partial charge in [0.1, 0.15) is 5.75 Å². The highest BCUT2D eigenvalue weighted by molar-refractivity contribution is 7.91. The minimum absolute atomic E-state index is 0.0209. The Hall–Kier alpha value is -2.02. The Balaban J connectivity index is 1.61. The van der Waals surface area contributed by atoms with Crippen molar-refractivity contribution < 1.29 is 17.9 Å². The van der Waals surface area contributed by atoms with Gasteiger partial charge in [-0.05, 0) is 37.0 Å². The smallest absolute Gasteiger partial charge is 0.258 e. The highest BCUT2D eigenvalue weighted by Gasteiger charge is 2.28. The average Bonchev–Trinajstić information content (AvgIpc) is 3.14. The first-order valence-corrected chi connectivity index (χ1v) is 10.9. The zero-order valence-electron chi connectivity index (χ0n) is 15.3. The molecule has 2 aromatic rings. The average molecular weight is 378 g/mol. The minimum atomic E-state index is -3.00. The van der Waals surface area contributed by atoms with Crippen LogP contribution in [-0.4, -0.2) is 43.0 Å². The van der Waals surface area contributed by atoms with Gasteiger partial charge in [0.05, 0.1) is 17.0 Å². The fraction of sp³-hybridized carbons (Fsp3) is 0.526. The number of nitrogens with zero attached hydrogens (tertiary/aromatic N) is 1. The monoisotopic (exact) mass is 378 g/mol. The lowest BCUT2D eigenvalue weighted by atomic mass is 10.1. The maximum atomic E-state index is 12.1. The first kappa shape index (κ1) is 18.8. The molecule has 0 radical (unpaired) electrons. The van der Waals surface area contributed by atoms with Crippen LogP contribution in [0.1, 0.15) is 26.7 Å². The van der Waals surface area contributed by atoms with E-state index in [4.69, 9.17) is 4.74 Å². The highest BCUT2D eigenvalue weighted by atomic mass is 32.2. The van der Waals surface area contributed by atoms with Crippen molar-refractivity contribution in [2.75, 3.05) is 18.1 Å². The molecule has 0 bridgehead atoms. The molecule has 1 aliphatic rings. The van der Waals surface area contributed by atoms with Crippen LogP contribution in [0.2, 0.25) is 0 Å². The largest absolute Gasteiger partial charge is 0.483 e. The summed E-state index contributed by atoms with van der Waals surface area (Å²) in [6.07, 6.45) is 3.62. The van der Waals surface area contributed by atoms with E-state index in [0.717, 1.165) is 23.9 Å². The Morgan fingerprint density at radius 2 is 2.15 bits per heavy atom. The van der Waals surface area contributed by atoms with E-state index >= 15 is 0 Å². The topological polar surface area (TPSA) is 77.4 Å². The second kappa shape index (κ2) is 7.70. The Morgan fingerprint density at radius 3 is 2.85 bits per heavy atom. The number of sulfone groups is 1. The van der Waals surface area contributed by atoms with Gasteiger partial charge in [0.25, 0.3) is 5.91 Å². The van der Waals surface area contributed by atoms with Gasteiger partial charge in [0.15, 0.2) is 16.4 Å². The van der Waals surface area contributed by atoms with Crippen LogP contribution in [-0.2, 0) is 21.2 Å². The zero-order valence-corrected chi connectivity index (χ0v) is 16.1. The number of nitrogens with one attached hydrogen (secondary N) is 1. The number of amides is 1. The number of carbonyl (C=O) groups is 1. The van der Waals surface area contributed by atoms with Crippen LogP contribution in [0.4, 0.5) is 0 Å². The molecule has 1 fully saturated rings. The van der Waals surface area contributed by atoms with Gasteiger partial charge in [-0.25, -0.2) is 8.42 Å². The minimum Gasteiger partial charge on any atom is -0.483 e. The number of benzene rings is 1. The van der Waals surface area contributed by atoms with Gasteiger partial charge in [0.2, 0.25) is 0 Å². The number of aromatic nitrogens is 1. The molecule has 0 saturated carbocycles. The number of hydrogen-bond donors (Lipinski definition) is 1. The molecule has 1 unspecified atom stereocenters. The molecule has 1 saturated heterocycles. The first-order valence-electron chi connectivity index (χ1n) is 9.04. The van der Waals surface area contributed by atoms with E-state index in [1.54, 1.807) is 0 Å². The summed E-state index contributed by atoms with van der Waals surface area (Å²) in [5.41, 5.74) is 1.09. The summed E-state index contributed by atoms with van der Waals surface area (Å²) in [5, 5.41) is 3.72. The van der Waals surface area contributed by atoms with Gasteiger partial charge < -0.3 is 14.6 Å². The molecule has 26 heavy (non-hydrogen) atoms. The number of fused-ring (bicyclic) bond motifs is 1. The summed E-state index contributed by atoms with van der Waals surface area (Å²) in [6.45, 7) is 5.23. The van der Waals surface area contributed by atoms with Crippen LogP contribution < -0.4 is 10.1 Å². The molecular weight excluding hydrogens is 352 g/mol. The van der Waals surface area contributed by atoms with Crippen molar-refractivity contribution in [1.29, 1.82) is 0 Å². The molecule has 1 amide bonds. The number of ether oxygens (including phenoxy) is 1. The van der Waals surface area contributed by atoms with Gasteiger partial charge >= 0.3 is 0 Å². The first-order chi connectivity index (χ1) is 12.3. The molecule has 1 aromatic carbocycles. The van der Waals surface area contributed by atoms with Crippen molar-refractivity contribution in [3.05, 3.63) is 30.5 Å². The van der Waals surface area contributed by atoms with E-state index in [1.165, 1.54) is 0 Å². The van der Waals surface area contributed by atoms with Gasteiger partial charge in [0, 0.05) is 24.2 Å². The molecule has 2 heterocycles. The van der Waals surface area contributed by atoms with Gasteiger partial charge in [-0.15, -0.1) is 0 Å². The van der Waals surface area contributed by atoms with Crippen molar-refractivity contribution >= 4 is 26.6 Å². The fourth-order valence-corrected chi connectivity index (χ4v) is 4.91. The Morgan fingerprint density at radius 1 is 1.35 bits per heavy atom. The summed E-state index contributed by atoms with van der Waals surface area (Å²) in [7, 11) is -3.00. The zero-order chi connectivity index (χ0) is 18.7. The van der Waals surface area contributed by atoms with E-state index in [9.17, 15) is 13.2 Å². The SMILES string of the molecule is CC(C)CCn1ccc2c(OCC(=O)NC3CCS(=O)(=O)C3)cccc21. The second-order valence-corrected chi connectivity index (χ2v) is 9.57. The molecule has 1 N–H and O–H groups in total. The molecule has 1 aromatic heterocycles. The number of carbonyl (C=O) groups excluding carboxylic acids is 1. The lowest BCUT2D eigenvalue weighted by Gasteiger charge is -2.12. The fourth-order valence-electron chi connectivity index (χ4n) is 3.23. The molecule has 0 spiro atoms. The molecule has 1 atom stereocenters. The predicted octanol–water partition coefficient (Wildman–Crippen LogP) is 2.37. The van der Waals surface area contributed by atoms with Crippen LogP contribution in [0.25, 0.3) is 10.9 Å². The van der Waals surface area contributed by atoms with Crippen molar-refractivity contribution in [2.24, 2.45) is 5.92 Å². The Labute approximate surface area is 154 Å². The van der Waals surface area contributed by atoms with Crippen molar-refractivity contribution in [1.82, 2.24) is 9.88 Å². The molecule has 6 nitrogen and oxygen atoms in total. The number of hydrogen-bond acceptors (Lipinski definition) is 4. The van der Waals surface area contributed by atoms with Crippen LogP contribution in [0.15, 0.2) is 30.5 Å².